The molecule has 3 aromatic rings. The summed E-state index contributed by atoms with van der Waals surface area (Å²) in [5.41, 5.74) is 4.83. The van der Waals surface area contributed by atoms with Gasteiger partial charge in [0.05, 0.1) is 22.0 Å². The number of aryl methyl sites for hydroxylation is 1. The average Bonchev–Trinajstić information content (AvgIpc) is 3.09. The molecule has 1 aromatic heterocycles. The third kappa shape index (κ3) is 6.25. The zero-order valence-corrected chi connectivity index (χ0v) is 21.3. The second-order valence-electron chi connectivity index (χ2n) is 8.79. The van der Waals surface area contributed by atoms with Crippen molar-refractivity contribution >= 4 is 23.2 Å². The van der Waals surface area contributed by atoms with Crippen LogP contribution in [0.5, 0.6) is 0 Å². The van der Waals surface area contributed by atoms with Crippen molar-refractivity contribution < 1.29 is 18.0 Å². The van der Waals surface area contributed by atoms with E-state index in [1.165, 1.54) is 0 Å². The molecular formula is C26H27ClF3N5O. The summed E-state index contributed by atoms with van der Waals surface area (Å²) in [6.45, 7) is 4.33. The Kier molecular flexibility index (Phi) is 8.43. The van der Waals surface area contributed by atoms with Crippen LogP contribution in [0.4, 0.5) is 18.9 Å². The number of amides is 1. The van der Waals surface area contributed by atoms with Gasteiger partial charge in [0, 0.05) is 29.9 Å². The Hall–Kier alpha value is -3.35. The molecule has 0 aliphatic carbocycles. The van der Waals surface area contributed by atoms with Gasteiger partial charge in [-0.1, -0.05) is 23.7 Å². The summed E-state index contributed by atoms with van der Waals surface area (Å²) in [7, 11) is 3.65. The van der Waals surface area contributed by atoms with E-state index < -0.39 is 12.1 Å². The molecular weight excluding hydrogens is 491 g/mol. The quantitative estimate of drug-likeness (QED) is 0.398. The van der Waals surface area contributed by atoms with Gasteiger partial charge in [0.2, 0.25) is 0 Å². The first-order valence-corrected chi connectivity index (χ1v) is 11.7. The number of benzene rings is 2. The van der Waals surface area contributed by atoms with Gasteiger partial charge in [-0.2, -0.15) is 23.5 Å². The van der Waals surface area contributed by atoms with Crippen molar-refractivity contribution in [2.75, 3.05) is 32.1 Å². The van der Waals surface area contributed by atoms with E-state index in [1.54, 1.807) is 47.1 Å². The van der Waals surface area contributed by atoms with Gasteiger partial charge in [0.25, 0.3) is 0 Å². The number of aromatic nitrogens is 2. The zero-order valence-electron chi connectivity index (χ0n) is 20.5. The molecule has 0 unspecified atom stereocenters. The van der Waals surface area contributed by atoms with Crippen molar-refractivity contribution in [3.63, 3.8) is 0 Å². The number of carbonyl (C=O) groups is 1. The molecule has 10 heteroatoms. The molecule has 1 heterocycles. The summed E-state index contributed by atoms with van der Waals surface area (Å²) in [4.78, 5) is 14.7. The van der Waals surface area contributed by atoms with Crippen molar-refractivity contribution in [3.05, 3.63) is 75.6 Å². The molecule has 190 valence electrons. The van der Waals surface area contributed by atoms with E-state index in [9.17, 15) is 18.0 Å². The molecule has 2 aromatic carbocycles. The minimum absolute atomic E-state index is 0.0337. The highest BCUT2D eigenvalue weighted by molar-refractivity contribution is 6.31. The second-order valence-corrected chi connectivity index (χ2v) is 9.20. The van der Waals surface area contributed by atoms with Gasteiger partial charge in [0.15, 0.2) is 0 Å². The van der Waals surface area contributed by atoms with Crippen LogP contribution in [0.15, 0.2) is 42.5 Å². The highest BCUT2D eigenvalue weighted by Crippen LogP contribution is 2.27. The average molecular weight is 518 g/mol. The summed E-state index contributed by atoms with van der Waals surface area (Å²) in [6.07, 6.45) is -4.03. The largest absolute Gasteiger partial charge is 0.471 e. The van der Waals surface area contributed by atoms with Crippen LogP contribution in [0.3, 0.4) is 0 Å². The number of nitrogens with zero attached hydrogens (tertiary/aromatic N) is 5. The van der Waals surface area contributed by atoms with E-state index >= 15 is 0 Å². The first-order valence-electron chi connectivity index (χ1n) is 11.3. The molecule has 0 fully saturated rings. The van der Waals surface area contributed by atoms with Gasteiger partial charge in [-0.3, -0.25) is 4.79 Å². The number of anilines is 1. The fourth-order valence-corrected chi connectivity index (χ4v) is 4.17. The Bertz CT molecular complexity index is 1280. The number of halogens is 4. The Morgan fingerprint density at radius 1 is 1.11 bits per heavy atom. The van der Waals surface area contributed by atoms with E-state index in [1.807, 2.05) is 38.9 Å². The van der Waals surface area contributed by atoms with Crippen LogP contribution in [-0.2, 0) is 11.2 Å². The maximum atomic E-state index is 13.2. The molecule has 0 spiro atoms. The molecule has 0 bridgehead atoms. The monoisotopic (exact) mass is 517 g/mol. The topological polar surface area (TPSA) is 65.2 Å². The SMILES string of the molecule is Cc1nn(-c2ccc(C#N)c(Cl)c2)c(C)c1Cc1ccc(N(CCCN(C)C)C(=O)C(F)(F)F)cc1. The summed E-state index contributed by atoms with van der Waals surface area (Å²) in [6, 6.07) is 13.7. The molecule has 0 saturated heterocycles. The highest BCUT2D eigenvalue weighted by Gasteiger charge is 2.42. The molecule has 0 aliphatic heterocycles. The normalized spacial score (nSPS) is 11.6. The fourth-order valence-electron chi connectivity index (χ4n) is 3.95. The van der Waals surface area contributed by atoms with Gasteiger partial charge in [-0.05, 0) is 76.8 Å². The lowest BCUT2D eigenvalue weighted by molar-refractivity contribution is -0.170. The van der Waals surface area contributed by atoms with Crippen LogP contribution in [0, 0.1) is 25.2 Å². The van der Waals surface area contributed by atoms with Crippen LogP contribution in [0.2, 0.25) is 5.02 Å². The number of alkyl halides is 3. The minimum Gasteiger partial charge on any atom is -0.309 e. The zero-order chi connectivity index (χ0) is 26.6. The summed E-state index contributed by atoms with van der Waals surface area (Å²) >= 11 is 6.18. The predicted octanol–water partition coefficient (Wildman–Crippen LogP) is 5.45. The van der Waals surface area contributed by atoms with Crippen LogP contribution >= 0.6 is 11.6 Å². The first kappa shape index (κ1) is 27.2. The number of hydrogen-bond acceptors (Lipinski definition) is 4. The number of nitriles is 1. The summed E-state index contributed by atoms with van der Waals surface area (Å²) < 4.78 is 41.4. The van der Waals surface area contributed by atoms with Gasteiger partial charge in [-0.25, -0.2) is 4.68 Å². The van der Waals surface area contributed by atoms with Crippen molar-refractivity contribution in [3.8, 4) is 11.8 Å². The minimum atomic E-state index is -4.95. The Balaban J connectivity index is 1.84. The Labute approximate surface area is 213 Å². The molecule has 1 amide bonds. The number of rotatable bonds is 8. The first-order chi connectivity index (χ1) is 16.9. The van der Waals surface area contributed by atoms with Gasteiger partial charge in [-0.15, -0.1) is 0 Å². The Morgan fingerprint density at radius 2 is 1.78 bits per heavy atom. The van der Waals surface area contributed by atoms with E-state index in [0.29, 0.717) is 30.0 Å². The van der Waals surface area contributed by atoms with E-state index in [2.05, 4.69) is 5.10 Å². The van der Waals surface area contributed by atoms with Crippen LogP contribution in [0.25, 0.3) is 5.69 Å². The van der Waals surface area contributed by atoms with Crippen molar-refractivity contribution in [2.24, 2.45) is 0 Å². The second kappa shape index (κ2) is 11.1. The molecule has 0 N–H and O–H groups in total. The Morgan fingerprint density at radius 3 is 2.33 bits per heavy atom. The van der Waals surface area contributed by atoms with Crippen LogP contribution < -0.4 is 4.90 Å². The molecule has 3 rings (SSSR count). The number of carbonyl (C=O) groups excluding carboxylic acids is 1. The maximum absolute atomic E-state index is 13.2. The fraction of sp³-hybridized carbons (Fsp3) is 0.346. The molecule has 36 heavy (non-hydrogen) atoms. The molecule has 0 radical (unpaired) electrons. The smallest absolute Gasteiger partial charge is 0.309 e. The van der Waals surface area contributed by atoms with E-state index in [4.69, 9.17) is 16.9 Å². The standard InChI is InChI=1S/C26H27ClF3N5O/c1-17-23(18(2)35(32-17)22-11-8-20(16-31)24(27)15-22)14-19-6-9-21(10-7-19)34(13-5-12-33(3)4)25(36)26(28,29)30/h6-11,15H,5,12-14H2,1-4H3. The molecule has 0 saturated carbocycles. The summed E-state index contributed by atoms with van der Waals surface area (Å²) in [5.74, 6) is -1.87. The summed E-state index contributed by atoms with van der Waals surface area (Å²) in [5, 5.41) is 14.0. The van der Waals surface area contributed by atoms with Gasteiger partial charge in [0.1, 0.15) is 6.07 Å². The molecule has 0 aliphatic rings. The van der Waals surface area contributed by atoms with Gasteiger partial charge >= 0.3 is 12.1 Å². The highest BCUT2D eigenvalue weighted by atomic mass is 35.5. The lowest BCUT2D eigenvalue weighted by Gasteiger charge is -2.25. The lowest BCUT2D eigenvalue weighted by Crippen LogP contribution is -2.42. The van der Waals surface area contributed by atoms with Crippen molar-refractivity contribution in [2.45, 2.75) is 32.9 Å². The van der Waals surface area contributed by atoms with Crippen LogP contribution in [0.1, 0.15) is 34.5 Å². The maximum Gasteiger partial charge on any atom is 0.471 e. The van der Waals surface area contributed by atoms with E-state index in [0.717, 1.165) is 33.1 Å². The molecule has 6 nitrogen and oxygen atoms in total. The number of hydrogen-bond donors (Lipinski definition) is 0. The van der Waals surface area contributed by atoms with Crippen molar-refractivity contribution in [1.82, 2.24) is 14.7 Å². The third-order valence-electron chi connectivity index (χ3n) is 5.86. The van der Waals surface area contributed by atoms with Crippen LogP contribution in [-0.4, -0.2) is 53.9 Å². The third-order valence-corrected chi connectivity index (χ3v) is 6.18. The lowest BCUT2D eigenvalue weighted by atomic mass is 10.0. The van der Waals surface area contributed by atoms with Gasteiger partial charge < -0.3 is 9.80 Å². The molecule has 0 atom stereocenters. The van der Waals surface area contributed by atoms with E-state index in [-0.39, 0.29) is 12.2 Å². The van der Waals surface area contributed by atoms with Crippen molar-refractivity contribution in [1.29, 1.82) is 5.26 Å². The predicted molar refractivity (Wildman–Crippen MR) is 134 cm³/mol.